The van der Waals surface area contributed by atoms with Crippen molar-refractivity contribution in [3.05, 3.63) is 95.1 Å². The maximum Gasteiger partial charge on any atom is 0.150 e. The van der Waals surface area contributed by atoms with Gasteiger partial charge in [0, 0.05) is 5.56 Å². The zero-order valence-electron chi connectivity index (χ0n) is 13.8. The Morgan fingerprint density at radius 3 is 1.72 bits per heavy atom. The lowest BCUT2D eigenvalue weighted by Crippen LogP contribution is -2.43. The highest BCUT2D eigenvalue weighted by molar-refractivity contribution is 5.79. The molecule has 0 aliphatic rings. The molecule has 4 nitrogen and oxygen atoms in total. The molecule has 3 rings (SSSR count). The second-order valence-electron chi connectivity index (χ2n) is 5.80. The number of hydrogen-bond acceptors (Lipinski definition) is 4. The van der Waals surface area contributed by atoms with Crippen molar-refractivity contribution in [2.24, 2.45) is 0 Å². The fraction of sp³-hybridized carbons (Fsp3) is 0.0952. The van der Waals surface area contributed by atoms with E-state index in [0.29, 0.717) is 5.56 Å². The molecule has 0 amide bonds. The summed E-state index contributed by atoms with van der Waals surface area (Å²) in [6.07, 6.45) is 0.836. The van der Waals surface area contributed by atoms with Crippen LogP contribution in [0.3, 0.4) is 0 Å². The van der Waals surface area contributed by atoms with Crippen LogP contribution in [-0.2, 0) is 5.54 Å². The van der Waals surface area contributed by atoms with Crippen LogP contribution in [0.5, 0.6) is 11.5 Å². The van der Waals surface area contributed by atoms with E-state index in [1.807, 2.05) is 49.5 Å². The number of phenols is 2. The van der Waals surface area contributed by atoms with Crippen molar-refractivity contribution in [3.8, 4) is 11.5 Å². The van der Waals surface area contributed by atoms with Crippen molar-refractivity contribution in [2.45, 2.75) is 5.54 Å². The molecule has 25 heavy (non-hydrogen) atoms. The monoisotopic (exact) mass is 333 g/mol. The van der Waals surface area contributed by atoms with Crippen LogP contribution in [0.25, 0.3) is 0 Å². The van der Waals surface area contributed by atoms with Crippen molar-refractivity contribution in [2.75, 3.05) is 7.05 Å². The van der Waals surface area contributed by atoms with Crippen molar-refractivity contribution >= 4 is 6.29 Å². The van der Waals surface area contributed by atoms with Gasteiger partial charge in [0.1, 0.15) is 17.8 Å². The van der Waals surface area contributed by atoms with Crippen LogP contribution in [0.2, 0.25) is 0 Å². The average Bonchev–Trinajstić information content (AvgIpc) is 2.66. The molecular formula is C21H19NO3. The van der Waals surface area contributed by atoms with Crippen LogP contribution >= 0.6 is 0 Å². The van der Waals surface area contributed by atoms with Crippen LogP contribution in [0, 0.1) is 0 Å². The smallest absolute Gasteiger partial charge is 0.150 e. The Morgan fingerprint density at radius 2 is 1.28 bits per heavy atom. The molecule has 0 aliphatic carbocycles. The average molecular weight is 333 g/mol. The van der Waals surface area contributed by atoms with Gasteiger partial charge in [-0.05, 0) is 48.0 Å². The normalized spacial score (nSPS) is 11.2. The minimum absolute atomic E-state index is 0.170. The predicted octanol–water partition coefficient (Wildman–Crippen LogP) is 3.42. The number of rotatable bonds is 5. The van der Waals surface area contributed by atoms with E-state index >= 15 is 0 Å². The van der Waals surface area contributed by atoms with Crippen LogP contribution in [0.4, 0.5) is 0 Å². The van der Waals surface area contributed by atoms with E-state index in [1.54, 1.807) is 30.3 Å². The molecule has 0 atom stereocenters. The first-order valence-corrected chi connectivity index (χ1v) is 7.94. The predicted molar refractivity (Wildman–Crippen MR) is 97.0 cm³/mol. The van der Waals surface area contributed by atoms with Gasteiger partial charge in [-0.15, -0.1) is 0 Å². The van der Waals surface area contributed by atoms with Crippen molar-refractivity contribution in [1.82, 2.24) is 5.32 Å². The van der Waals surface area contributed by atoms with E-state index in [4.69, 9.17) is 0 Å². The largest absolute Gasteiger partial charge is 0.508 e. The third kappa shape index (κ3) is 2.88. The van der Waals surface area contributed by atoms with E-state index in [1.165, 1.54) is 0 Å². The first kappa shape index (κ1) is 16.7. The van der Waals surface area contributed by atoms with Gasteiger partial charge >= 0.3 is 0 Å². The summed E-state index contributed by atoms with van der Waals surface area (Å²) in [6, 6.07) is 21.1. The molecular weight excluding hydrogens is 314 g/mol. The maximum absolute atomic E-state index is 11.7. The lowest BCUT2D eigenvalue weighted by atomic mass is 9.75. The number of phenolic OH excluding ortho intramolecular Hbond substituents is 2. The molecule has 4 heteroatoms. The summed E-state index contributed by atoms with van der Waals surface area (Å²) in [5.41, 5.74) is 2.29. The van der Waals surface area contributed by atoms with Gasteiger partial charge in [0.25, 0.3) is 0 Å². The number of aldehydes is 1. The Kier molecular flexibility index (Phi) is 4.55. The number of carbonyl (C=O) groups is 1. The third-order valence-corrected chi connectivity index (χ3v) is 4.47. The lowest BCUT2D eigenvalue weighted by Gasteiger charge is -2.36. The molecule has 3 aromatic carbocycles. The number of nitrogens with one attached hydrogen (secondary N) is 1. The second kappa shape index (κ2) is 6.79. The molecule has 0 spiro atoms. The van der Waals surface area contributed by atoms with Crippen molar-refractivity contribution in [3.63, 3.8) is 0 Å². The van der Waals surface area contributed by atoms with E-state index in [0.717, 1.165) is 23.0 Å². The second-order valence-corrected chi connectivity index (χ2v) is 5.80. The molecule has 0 saturated heterocycles. The number of benzene rings is 3. The number of carbonyl (C=O) groups excluding carboxylic acids is 1. The highest BCUT2D eigenvalue weighted by Gasteiger charge is 2.36. The standard InChI is InChI=1S/C21H19NO3/c1-22-21(16-6-10-18(24)11-7-16,17-8-12-19(25)13-9-17)20-5-3-2-4-15(20)14-23/h2-14,22,24-25H,1H3. The Morgan fingerprint density at radius 1 is 0.800 bits per heavy atom. The quantitative estimate of drug-likeness (QED) is 0.494. The minimum Gasteiger partial charge on any atom is -0.508 e. The minimum atomic E-state index is -0.807. The van der Waals surface area contributed by atoms with E-state index in [-0.39, 0.29) is 11.5 Å². The van der Waals surface area contributed by atoms with E-state index < -0.39 is 5.54 Å². The summed E-state index contributed by atoms with van der Waals surface area (Å²) in [5.74, 6) is 0.339. The highest BCUT2D eigenvalue weighted by Crippen LogP contribution is 2.38. The van der Waals surface area contributed by atoms with Crippen LogP contribution in [0.15, 0.2) is 72.8 Å². The Bertz CT molecular complexity index is 825. The molecule has 0 radical (unpaired) electrons. The molecule has 0 aromatic heterocycles. The molecule has 0 saturated carbocycles. The lowest BCUT2D eigenvalue weighted by molar-refractivity contribution is 0.112. The van der Waals surface area contributed by atoms with Gasteiger partial charge < -0.3 is 15.5 Å². The van der Waals surface area contributed by atoms with Gasteiger partial charge in [0.05, 0.1) is 5.54 Å². The van der Waals surface area contributed by atoms with Gasteiger partial charge in [0.2, 0.25) is 0 Å². The summed E-state index contributed by atoms with van der Waals surface area (Å²) < 4.78 is 0. The molecule has 0 fully saturated rings. The van der Waals surface area contributed by atoms with Crippen molar-refractivity contribution < 1.29 is 15.0 Å². The molecule has 0 unspecified atom stereocenters. The molecule has 0 aliphatic heterocycles. The van der Waals surface area contributed by atoms with Gasteiger partial charge in [-0.1, -0.05) is 48.5 Å². The van der Waals surface area contributed by atoms with Crippen molar-refractivity contribution in [1.29, 1.82) is 0 Å². The maximum atomic E-state index is 11.7. The van der Waals surface area contributed by atoms with Gasteiger partial charge in [0.15, 0.2) is 0 Å². The first-order chi connectivity index (χ1) is 12.1. The molecule has 126 valence electrons. The van der Waals surface area contributed by atoms with Gasteiger partial charge in [-0.25, -0.2) is 0 Å². The summed E-state index contributed by atoms with van der Waals surface area (Å²) in [6.45, 7) is 0. The molecule has 0 heterocycles. The third-order valence-electron chi connectivity index (χ3n) is 4.47. The summed E-state index contributed by atoms with van der Waals surface area (Å²) in [7, 11) is 1.82. The fourth-order valence-electron chi connectivity index (χ4n) is 3.27. The SMILES string of the molecule is CNC(c1ccc(O)cc1)(c1ccc(O)cc1)c1ccccc1C=O. The topological polar surface area (TPSA) is 69.6 Å². The van der Waals surface area contributed by atoms with Gasteiger partial charge in [-0.2, -0.15) is 0 Å². The first-order valence-electron chi connectivity index (χ1n) is 7.94. The highest BCUT2D eigenvalue weighted by atomic mass is 16.3. The molecule has 3 aromatic rings. The summed E-state index contributed by atoms with van der Waals surface area (Å²) >= 11 is 0. The zero-order valence-corrected chi connectivity index (χ0v) is 13.8. The Balaban J connectivity index is 2.35. The van der Waals surface area contributed by atoms with Crippen LogP contribution in [0.1, 0.15) is 27.0 Å². The molecule has 0 bridgehead atoms. The Hall–Kier alpha value is -3.11. The summed E-state index contributed by atoms with van der Waals surface area (Å²) in [5, 5.41) is 22.7. The Labute approximate surface area is 146 Å². The summed E-state index contributed by atoms with van der Waals surface area (Å²) in [4.78, 5) is 11.7. The van der Waals surface area contributed by atoms with E-state index in [9.17, 15) is 15.0 Å². The fourth-order valence-corrected chi connectivity index (χ4v) is 3.27. The molecule has 3 N–H and O–H groups in total. The van der Waals surface area contributed by atoms with Crippen LogP contribution < -0.4 is 5.32 Å². The van der Waals surface area contributed by atoms with Gasteiger partial charge in [-0.3, -0.25) is 4.79 Å². The number of hydrogen-bond donors (Lipinski definition) is 3. The zero-order chi connectivity index (χ0) is 17.9. The number of aromatic hydroxyl groups is 2. The van der Waals surface area contributed by atoms with Crippen LogP contribution in [-0.4, -0.2) is 23.5 Å². The van der Waals surface area contributed by atoms with E-state index in [2.05, 4.69) is 5.32 Å².